The minimum atomic E-state index is -0.207. The molecule has 1 aliphatic heterocycles. The van der Waals surface area contributed by atoms with Gasteiger partial charge in [0, 0.05) is 12.6 Å². The van der Waals surface area contributed by atoms with Crippen LogP contribution < -0.4 is 10.6 Å². The number of carbonyl (C=O) groups excluding carboxylic acids is 1. The molecule has 0 aromatic heterocycles. The molecule has 3 N–H and O–H groups in total. The molecule has 0 bridgehead atoms. The normalized spacial score (nSPS) is 19.2. The van der Waals surface area contributed by atoms with E-state index in [0.29, 0.717) is 18.2 Å². The summed E-state index contributed by atoms with van der Waals surface area (Å²) in [5.41, 5.74) is 0.340. The van der Waals surface area contributed by atoms with Gasteiger partial charge in [-0.15, -0.1) is 0 Å². The fraction of sp³-hybridized carbons (Fsp3) is 0.462. The molecule has 0 saturated carbocycles. The van der Waals surface area contributed by atoms with Crippen molar-refractivity contribution in [3.05, 3.63) is 29.8 Å². The number of hydrogen-bond acceptors (Lipinski definition) is 3. The molecule has 4 nitrogen and oxygen atoms in total. The molecule has 0 radical (unpaired) electrons. The van der Waals surface area contributed by atoms with Crippen molar-refractivity contribution < 1.29 is 9.90 Å². The Kier molecular flexibility index (Phi) is 3.98. The smallest absolute Gasteiger partial charge is 0.255 e. The van der Waals surface area contributed by atoms with E-state index in [1.54, 1.807) is 18.2 Å². The molecule has 1 fully saturated rings. The lowest BCUT2D eigenvalue weighted by Gasteiger charge is -2.11. The van der Waals surface area contributed by atoms with Crippen molar-refractivity contribution in [2.45, 2.75) is 25.3 Å². The Bertz CT molecular complexity index is 387. The van der Waals surface area contributed by atoms with E-state index in [2.05, 4.69) is 10.6 Å². The highest BCUT2D eigenvalue weighted by atomic mass is 16.3. The first-order valence-corrected chi connectivity index (χ1v) is 6.07. The van der Waals surface area contributed by atoms with Crippen LogP contribution in [0.2, 0.25) is 0 Å². The van der Waals surface area contributed by atoms with Crippen molar-refractivity contribution in [3.63, 3.8) is 0 Å². The van der Waals surface area contributed by atoms with E-state index in [1.807, 2.05) is 0 Å². The van der Waals surface area contributed by atoms with E-state index in [9.17, 15) is 9.90 Å². The summed E-state index contributed by atoms with van der Waals surface area (Å²) in [6.07, 6.45) is 3.35. The first-order valence-electron chi connectivity index (χ1n) is 6.07. The Morgan fingerprint density at radius 3 is 3.00 bits per heavy atom. The van der Waals surface area contributed by atoms with Gasteiger partial charge >= 0.3 is 0 Å². The second-order valence-corrected chi connectivity index (χ2v) is 4.36. The Morgan fingerprint density at radius 1 is 1.47 bits per heavy atom. The van der Waals surface area contributed by atoms with Crippen molar-refractivity contribution >= 4 is 5.91 Å². The number of para-hydroxylation sites is 1. The lowest BCUT2D eigenvalue weighted by atomic mass is 10.1. The quantitative estimate of drug-likeness (QED) is 0.735. The second-order valence-electron chi connectivity index (χ2n) is 4.36. The standard InChI is InChI=1S/C13H18N2O2/c16-12-6-2-1-5-11(12)13(17)15-9-7-10-4-3-8-14-10/h1-2,5-6,10,14,16H,3-4,7-9H2,(H,15,17)/t10-/m1/s1. The van der Waals surface area contributed by atoms with Crippen LogP contribution in [0.4, 0.5) is 0 Å². The molecule has 0 spiro atoms. The van der Waals surface area contributed by atoms with Gasteiger partial charge in [-0.1, -0.05) is 12.1 Å². The van der Waals surface area contributed by atoms with Gasteiger partial charge in [0.15, 0.2) is 0 Å². The molecule has 1 saturated heterocycles. The van der Waals surface area contributed by atoms with Gasteiger partial charge in [0.25, 0.3) is 5.91 Å². The van der Waals surface area contributed by atoms with Crippen molar-refractivity contribution in [2.75, 3.05) is 13.1 Å². The van der Waals surface area contributed by atoms with Gasteiger partial charge in [-0.3, -0.25) is 4.79 Å². The van der Waals surface area contributed by atoms with E-state index in [-0.39, 0.29) is 11.7 Å². The number of rotatable bonds is 4. The SMILES string of the molecule is O=C(NCC[C@H]1CCCN1)c1ccccc1O. The fourth-order valence-electron chi connectivity index (χ4n) is 2.12. The number of phenolic OH excluding ortho intramolecular Hbond substituents is 1. The summed E-state index contributed by atoms with van der Waals surface area (Å²) in [5.74, 6) is -0.176. The zero-order chi connectivity index (χ0) is 12.1. The van der Waals surface area contributed by atoms with Gasteiger partial charge in [-0.25, -0.2) is 0 Å². The first kappa shape index (κ1) is 11.9. The Hall–Kier alpha value is -1.55. The molecule has 1 aliphatic rings. The van der Waals surface area contributed by atoms with Gasteiger partial charge in [0.1, 0.15) is 5.75 Å². The van der Waals surface area contributed by atoms with E-state index >= 15 is 0 Å². The lowest BCUT2D eigenvalue weighted by molar-refractivity contribution is 0.0949. The van der Waals surface area contributed by atoms with Crippen molar-refractivity contribution in [2.24, 2.45) is 0 Å². The predicted molar refractivity (Wildman–Crippen MR) is 66.1 cm³/mol. The highest BCUT2D eigenvalue weighted by molar-refractivity contribution is 5.96. The van der Waals surface area contributed by atoms with Gasteiger partial charge in [0.05, 0.1) is 5.56 Å². The largest absolute Gasteiger partial charge is 0.507 e. The Labute approximate surface area is 101 Å². The maximum Gasteiger partial charge on any atom is 0.255 e. The number of nitrogens with one attached hydrogen (secondary N) is 2. The lowest BCUT2D eigenvalue weighted by Crippen LogP contribution is -2.30. The second kappa shape index (κ2) is 5.68. The Morgan fingerprint density at radius 2 is 2.29 bits per heavy atom. The molecule has 0 unspecified atom stereocenters. The molecule has 1 heterocycles. The van der Waals surface area contributed by atoms with Crippen LogP contribution in [0.15, 0.2) is 24.3 Å². The summed E-state index contributed by atoms with van der Waals surface area (Å²) in [5, 5.41) is 15.7. The van der Waals surface area contributed by atoms with E-state index in [1.165, 1.54) is 18.9 Å². The minimum Gasteiger partial charge on any atom is -0.507 e. The van der Waals surface area contributed by atoms with E-state index in [0.717, 1.165) is 13.0 Å². The number of benzene rings is 1. The topological polar surface area (TPSA) is 61.4 Å². The van der Waals surface area contributed by atoms with Crippen LogP contribution in [0.3, 0.4) is 0 Å². The van der Waals surface area contributed by atoms with Gasteiger partial charge in [-0.2, -0.15) is 0 Å². The summed E-state index contributed by atoms with van der Waals surface area (Å²) in [6, 6.07) is 7.12. The molecule has 1 aromatic carbocycles. The highest BCUT2D eigenvalue weighted by Crippen LogP contribution is 2.15. The molecular weight excluding hydrogens is 216 g/mol. The summed E-state index contributed by atoms with van der Waals surface area (Å²) in [7, 11) is 0. The van der Waals surface area contributed by atoms with Crippen LogP contribution >= 0.6 is 0 Å². The third-order valence-electron chi connectivity index (χ3n) is 3.09. The highest BCUT2D eigenvalue weighted by Gasteiger charge is 2.14. The van der Waals surface area contributed by atoms with Gasteiger partial charge in [0.2, 0.25) is 0 Å². The number of carbonyl (C=O) groups is 1. The zero-order valence-corrected chi connectivity index (χ0v) is 9.78. The van der Waals surface area contributed by atoms with Crippen molar-refractivity contribution in [3.8, 4) is 5.75 Å². The Balaban J connectivity index is 1.79. The monoisotopic (exact) mass is 234 g/mol. The summed E-state index contributed by atoms with van der Waals surface area (Å²) >= 11 is 0. The van der Waals surface area contributed by atoms with Crippen LogP contribution in [0.5, 0.6) is 5.75 Å². The molecule has 1 aromatic rings. The third kappa shape index (κ3) is 3.20. The van der Waals surface area contributed by atoms with Crippen LogP contribution in [-0.4, -0.2) is 30.1 Å². The van der Waals surface area contributed by atoms with Crippen LogP contribution in [0.25, 0.3) is 0 Å². The fourth-order valence-corrected chi connectivity index (χ4v) is 2.12. The molecule has 4 heteroatoms. The molecule has 1 amide bonds. The molecule has 2 rings (SSSR count). The summed E-state index contributed by atoms with van der Waals surface area (Å²) < 4.78 is 0. The number of aromatic hydroxyl groups is 1. The maximum absolute atomic E-state index is 11.7. The molecule has 0 aliphatic carbocycles. The predicted octanol–water partition coefficient (Wildman–Crippen LogP) is 1.26. The average molecular weight is 234 g/mol. The van der Waals surface area contributed by atoms with Gasteiger partial charge < -0.3 is 15.7 Å². The molecule has 92 valence electrons. The molecule has 17 heavy (non-hydrogen) atoms. The maximum atomic E-state index is 11.7. The minimum absolute atomic E-state index is 0.0315. The van der Waals surface area contributed by atoms with Gasteiger partial charge in [-0.05, 0) is 37.9 Å². The molecule has 1 atom stereocenters. The van der Waals surface area contributed by atoms with E-state index < -0.39 is 0 Å². The third-order valence-corrected chi connectivity index (χ3v) is 3.09. The van der Waals surface area contributed by atoms with Crippen LogP contribution in [0.1, 0.15) is 29.6 Å². The number of phenols is 1. The van der Waals surface area contributed by atoms with E-state index in [4.69, 9.17) is 0 Å². The summed E-state index contributed by atoms with van der Waals surface area (Å²) in [4.78, 5) is 11.7. The average Bonchev–Trinajstić information content (AvgIpc) is 2.82. The first-order chi connectivity index (χ1) is 8.27. The number of amides is 1. The van der Waals surface area contributed by atoms with Crippen molar-refractivity contribution in [1.29, 1.82) is 0 Å². The molecular formula is C13H18N2O2. The van der Waals surface area contributed by atoms with Crippen LogP contribution in [0, 0.1) is 0 Å². The zero-order valence-electron chi connectivity index (χ0n) is 9.78. The number of hydrogen-bond donors (Lipinski definition) is 3. The summed E-state index contributed by atoms with van der Waals surface area (Å²) in [6.45, 7) is 1.73. The van der Waals surface area contributed by atoms with Crippen LogP contribution in [-0.2, 0) is 0 Å². The van der Waals surface area contributed by atoms with Crippen molar-refractivity contribution in [1.82, 2.24) is 10.6 Å².